The Bertz CT molecular complexity index is 265. The molecule has 2 fully saturated rings. The van der Waals surface area contributed by atoms with Crippen LogP contribution in [0.25, 0.3) is 0 Å². The molecule has 2 aliphatic rings. The second kappa shape index (κ2) is 5.69. The van der Waals surface area contributed by atoms with Crippen LogP contribution < -0.4 is 0 Å². The topological polar surface area (TPSA) is 70.0 Å². The predicted molar refractivity (Wildman–Crippen MR) is 61.9 cm³/mol. The Balaban J connectivity index is 1.84. The molecular formula is C12H21NO4. The first-order chi connectivity index (χ1) is 8.20. The highest BCUT2D eigenvalue weighted by Crippen LogP contribution is 2.31. The summed E-state index contributed by atoms with van der Waals surface area (Å²) in [4.78, 5) is 12.4. The molecule has 2 saturated heterocycles. The molecular weight excluding hydrogens is 222 g/mol. The van der Waals surface area contributed by atoms with E-state index < -0.39 is 6.09 Å². The molecule has 2 unspecified atom stereocenters. The summed E-state index contributed by atoms with van der Waals surface area (Å²) in [6.45, 7) is 2.20. The number of nitrogens with zero attached hydrogens (tertiary/aromatic N) is 1. The van der Waals surface area contributed by atoms with Crippen LogP contribution in [0.15, 0.2) is 0 Å². The van der Waals surface area contributed by atoms with Crippen LogP contribution in [0.3, 0.4) is 0 Å². The van der Waals surface area contributed by atoms with Crippen molar-refractivity contribution in [2.75, 3.05) is 26.4 Å². The van der Waals surface area contributed by atoms with Gasteiger partial charge in [0.1, 0.15) is 0 Å². The van der Waals surface area contributed by atoms with Crippen LogP contribution in [-0.4, -0.2) is 53.6 Å². The van der Waals surface area contributed by atoms with Crippen LogP contribution in [0.5, 0.6) is 0 Å². The normalized spacial score (nSPS) is 30.8. The van der Waals surface area contributed by atoms with E-state index in [1.165, 1.54) is 4.90 Å². The van der Waals surface area contributed by atoms with Crippen LogP contribution in [0.2, 0.25) is 0 Å². The summed E-state index contributed by atoms with van der Waals surface area (Å²) in [5, 5.41) is 18.2. The minimum atomic E-state index is -0.904. The van der Waals surface area contributed by atoms with Gasteiger partial charge in [0.25, 0.3) is 0 Å². The van der Waals surface area contributed by atoms with E-state index in [4.69, 9.17) is 9.84 Å². The number of amides is 1. The van der Waals surface area contributed by atoms with Crippen molar-refractivity contribution in [1.82, 2.24) is 4.90 Å². The number of ether oxygens (including phenoxy) is 1. The number of hydrogen-bond acceptors (Lipinski definition) is 3. The van der Waals surface area contributed by atoms with E-state index in [1.807, 2.05) is 0 Å². The van der Waals surface area contributed by atoms with Crippen LogP contribution in [-0.2, 0) is 4.74 Å². The lowest BCUT2D eigenvalue weighted by molar-refractivity contribution is 0.0588. The van der Waals surface area contributed by atoms with Crippen LogP contribution >= 0.6 is 0 Å². The summed E-state index contributed by atoms with van der Waals surface area (Å²) in [6, 6.07) is -0.197. The van der Waals surface area contributed by atoms with E-state index in [0.29, 0.717) is 18.4 Å². The zero-order valence-corrected chi connectivity index (χ0v) is 10.0. The van der Waals surface area contributed by atoms with E-state index in [9.17, 15) is 9.90 Å². The third-order valence-corrected chi connectivity index (χ3v) is 3.97. The Kier molecular flexibility index (Phi) is 4.23. The van der Waals surface area contributed by atoms with Gasteiger partial charge in [-0.15, -0.1) is 0 Å². The number of carbonyl (C=O) groups is 1. The van der Waals surface area contributed by atoms with Crippen LogP contribution in [0.1, 0.15) is 25.7 Å². The van der Waals surface area contributed by atoms with Crippen molar-refractivity contribution in [2.45, 2.75) is 31.7 Å². The molecule has 0 bridgehead atoms. The maximum Gasteiger partial charge on any atom is 0.407 e. The number of aliphatic hydroxyl groups is 1. The molecule has 17 heavy (non-hydrogen) atoms. The first-order valence-corrected chi connectivity index (χ1v) is 6.39. The lowest BCUT2D eigenvalue weighted by atomic mass is 9.88. The number of carboxylic acid groups (broad SMARTS) is 1. The van der Waals surface area contributed by atoms with Gasteiger partial charge < -0.3 is 19.8 Å². The number of hydrogen-bond donors (Lipinski definition) is 2. The van der Waals surface area contributed by atoms with E-state index in [2.05, 4.69) is 0 Å². The van der Waals surface area contributed by atoms with Gasteiger partial charge in [0.2, 0.25) is 0 Å². The molecule has 0 saturated carbocycles. The maximum atomic E-state index is 11.0. The fraction of sp³-hybridized carbons (Fsp3) is 0.917. The fourth-order valence-corrected chi connectivity index (χ4v) is 3.05. The lowest BCUT2D eigenvalue weighted by Crippen LogP contribution is -2.36. The molecule has 2 heterocycles. The first-order valence-electron chi connectivity index (χ1n) is 6.39. The summed E-state index contributed by atoms with van der Waals surface area (Å²) < 4.78 is 5.32. The second-order valence-electron chi connectivity index (χ2n) is 5.16. The van der Waals surface area contributed by atoms with Gasteiger partial charge in [0, 0.05) is 19.8 Å². The standard InChI is InChI=1S/C12H21NO4/c14-8-11-6-10(7-13(11)12(15)16)5-9-1-3-17-4-2-9/h9-11,14H,1-8H2,(H,15,16). The summed E-state index contributed by atoms with van der Waals surface area (Å²) >= 11 is 0. The average Bonchev–Trinajstić information content (AvgIpc) is 2.73. The molecule has 0 aromatic rings. The van der Waals surface area contributed by atoms with Crippen molar-refractivity contribution in [3.05, 3.63) is 0 Å². The van der Waals surface area contributed by atoms with E-state index >= 15 is 0 Å². The van der Waals surface area contributed by atoms with Gasteiger partial charge in [0.15, 0.2) is 0 Å². The molecule has 0 aromatic carbocycles. The SMILES string of the molecule is O=C(O)N1CC(CC2CCOCC2)CC1CO. The summed E-state index contributed by atoms with van der Waals surface area (Å²) in [7, 11) is 0. The largest absolute Gasteiger partial charge is 0.465 e. The Labute approximate surface area is 101 Å². The number of likely N-dealkylation sites (tertiary alicyclic amines) is 1. The minimum absolute atomic E-state index is 0.0590. The van der Waals surface area contributed by atoms with Gasteiger partial charge in [-0.2, -0.15) is 0 Å². The Morgan fingerprint density at radius 2 is 2.00 bits per heavy atom. The minimum Gasteiger partial charge on any atom is -0.465 e. The van der Waals surface area contributed by atoms with Crippen molar-refractivity contribution in [1.29, 1.82) is 0 Å². The van der Waals surface area contributed by atoms with Crippen LogP contribution in [0.4, 0.5) is 4.79 Å². The average molecular weight is 243 g/mol. The third-order valence-electron chi connectivity index (χ3n) is 3.97. The first kappa shape index (κ1) is 12.6. The van der Waals surface area contributed by atoms with E-state index in [1.54, 1.807) is 0 Å². The molecule has 2 rings (SSSR count). The van der Waals surface area contributed by atoms with Gasteiger partial charge in [-0.3, -0.25) is 0 Å². The zero-order chi connectivity index (χ0) is 12.3. The number of aliphatic hydroxyl groups excluding tert-OH is 1. The molecule has 2 aliphatic heterocycles. The summed E-state index contributed by atoms with van der Waals surface area (Å²) in [6.07, 6.45) is 3.16. The monoisotopic (exact) mass is 243 g/mol. The highest BCUT2D eigenvalue weighted by Gasteiger charge is 2.35. The molecule has 5 nitrogen and oxygen atoms in total. The highest BCUT2D eigenvalue weighted by molar-refractivity contribution is 5.65. The highest BCUT2D eigenvalue weighted by atomic mass is 16.5. The molecule has 98 valence electrons. The lowest BCUT2D eigenvalue weighted by Gasteiger charge is -2.24. The molecule has 1 amide bonds. The Morgan fingerprint density at radius 1 is 1.29 bits per heavy atom. The van der Waals surface area contributed by atoms with Gasteiger partial charge in [-0.25, -0.2) is 4.79 Å². The van der Waals surface area contributed by atoms with Crippen molar-refractivity contribution >= 4 is 6.09 Å². The van der Waals surface area contributed by atoms with Gasteiger partial charge in [-0.1, -0.05) is 0 Å². The van der Waals surface area contributed by atoms with Gasteiger partial charge in [0.05, 0.1) is 12.6 Å². The molecule has 5 heteroatoms. The molecule has 0 aliphatic carbocycles. The number of rotatable bonds is 3. The van der Waals surface area contributed by atoms with Crippen molar-refractivity contribution in [2.24, 2.45) is 11.8 Å². The van der Waals surface area contributed by atoms with E-state index in [0.717, 1.165) is 38.9 Å². The summed E-state index contributed by atoms with van der Waals surface area (Å²) in [5.41, 5.74) is 0. The smallest absolute Gasteiger partial charge is 0.407 e. The second-order valence-corrected chi connectivity index (χ2v) is 5.16. The fourth-order valence-electron chi connectivity index (χ4n) is 3.05. The van der Waals surface area contributed by atoms with E-state index in [-0.39, 0.29) is 12.6 Å². The molecule has 0 spiro atoms. The molecule has 0 radical (unpaired) electrons. The van der Waals surface area contributed by atoms with Gasteiger partial charge >= 0.3 is 6.09 Å². The van der Waals surface area contributed by atoms with Crippen LogP contribution in [0, 0.1) is 11.8 Å². The zero-order valence-electron chi connectivity index (χ0n) is 10.0. The molecule has 0 aromatic heterocycles. The molecule has 2 N–H and O–H groups in total. The predicted octanol–water partition coefficient (Wildman–Crippen LogP) is 1.16. The Hall–Kier alpha value is -0.810. The molecule has 2 atom stereocenters. The quantitative estimate of drug-likeness (QED) is 0.780. The van der Waals surface area contributed by atoms with Gasteiger partial charge in [-0.05, 0) is 37.5 Å². The maximum absolute atomic E-state index is 11.0. The summed E-state index contributed by atoms with van der Waals surface area (Å²) in [5.74, 6) is 1.08. The third kappa shape index (κ3) is 3.10. The van der Waals surface area contributed by atoms with Crippen molar-refractivity contribution in [3.8, 4) is 0 Å². The van der Waals surface area contributed by atoms with Crippen molar-refractivity contribution < 1.29 is 19.7 Å². The Morgan fingerprint density at radius 3 is 2.53 bits per heavy atom. The van der Waals surface area contributed by atoms with Crippen molar-refractivity contribution in [3.63, 3.8) is 0 Å².